The van der Waals surface area contributed by atoms with Gasteiger partial charge < -0.3 is 4.74 Å². The molecule has 2 aromatic carbocycles. The van der Waals surface area contributed by atoms with Crippen molar-refractivity contribution in [2.75, 3.05) is 17.5 Å². The highest BCUT2D eigenvalue weighted by Gasteiger charge is 2.25. The number of aryl methyl sites for hydroxylation is 1. The number of unbranched alkanes of at least 4 members (excludes halogenated alkanes) is 6. The van der Waals surface area contributed by atoms with Gasteiger partial charge in [0.1, 0.15) is 0 Å². The number of nitrogens with zero attached hydrogens (tertiary/aromatic N) is 1. The molecule has 0 fully saturated rings. The van der Waals surface area contributed by atoms with Gasteiger partial charge in [-0.05, 0) is 56.7 Å². The number of rotatable bonds is 13. The van der Waals surface area contributed by atoms with Crippen molar-refractivity contribution >= 4 is 21.7 Å². The lowest BCUT2D eigenvalue weighted by Crippen LogP contribution is -2.32. The maximum absolute atomic E-state index is 13.4. The quantitative estimate of drug-likeness (QED) is 0.275. The number of esters is 1. The largest absolute Gasteiger partial charge is 0.462 e. The zero-order chi connectivity index (χ0) is 22.7. The Morgan fingerprint density at radius 3 is 2.00 bits per heavy atom. The molecular formula is C25H35NO4S. The summed E-state index contributed by atoms with van der Waals surface area (Å²) in [5.74, 6) is -0.408. The van der Waals surface area contributed by atoms with Gasteiger partial charge in [-0.3, -0.25) is 4.31 Å². The van der Waals surface area contributed by atoms with E-state index in [0.29, 0.717) is 24.4 Å². The number of hydrogen-bond acceptors (Lipinski definition) is 4. The second kappa shape index (κ2) is 12.5. The predicted molar refractivity (Wildman–Crippen MR) is 126 cm³/mol. The molecule has 0 aromatic heterocycles. The molecule has 0 amide bonds. The molecule has 170 valence electrons. The number of benzene rings is 2. The number of anilines is 1. The highest BCUT2D eigenvalue weighted by atomic mass is 32.2. The van der Waals surface area contributed by atoms with E-state index in [0.717, 1.165) is 24.8 Å². The van der Waals surface area contributed by atoms with Crippen molar-refractivity contribution in [2.45, 2.75) is 70.6 Å². The topological polar surface area (TPSA) is 63.7 Å². The Morgan fingerprint density at radius 1 is 0.839 bits per heavy atom. The summed E-state index contributed by atoms with van der Waals surface area (Å²) in [4.78, 5) is 12.2. The van der Waals surface area contributed by atoms with Gasteiger partial charge in [0.15, 0.2) is 0 Å². The van der Waals surface area contributed by atoms with Crippen LogP contribution in [0.3, 0.4) is 0 Å². The first-order chi connectivity index (χ1) is 14.9. The molecule has 0 radical (unpaired) electrons. The maximum atomic E-state index is 13.4. The molecular weight excluding hydrogens is 410 g/mol. The molecule has 0 saturated carbocycles. The van der Waals surface area contributed by atoms with E-state index in [1.165, 1.54) is 30.0 Å². The summed E-state index contributed by atoms with van der Waals surface area (Å²) in [6, 6.07) is 13.5. The van der Waals surface area contributed by atoms with Gasteiger partial charge in [0, 0.05) is 6.54 Å². The summed E-state index contributed by atoms with van der Waals surface area (Å²) >= 11 is 0. The van der Waals surface area contributed by atoms with Crippen molar-refractivity contribution in [3.8, 4) is 0 Å². The van der Waals surface area contributed by atoms with Crippen molar-refractivity contribution < 1.29 is 17.9 Å². The number of sulfonamides is 1. The van der Waals surface area contributed by atoms with Crippen molar-refractivity contribution in [1.82, 2.24) is 0 Å². The molecule has 5 nitrogen and oxygen atoms in total. The Labute approximate surface area is 187 Å². The molecule has 0 saturated heterocycles. The van der Waals surface area contributed by atoms with Crippen LogP contribution in [-0.4, -0.2) is 27.5 Å². The van der Waals surface area contributed by atoms with Crippen molar-refractivity contribution in [2.24, 2.45) is 0 Å². The smallest absolute Gasteiger partial charge is 0.338 e. The van der Waals surface area contributed by atoms with Crippen LogP contribution in [0.1, 0.15) is 74.7 Å². The lowest BCUT2D eigenvalue weighted by atomic mass is 10.1. The van der Waals surface area contributed by atoms with E-state index in [1.807, 2.05) is 19.1 Å². The van der Waals surface area contributed by atoms with E-state index in [4.69, 9.17) is 4.74 Å². The summed E-state index contributed by atoms with van der Waals surface area (Å²) in [5.41, 5.74) is 1.98. The molecule has 2 rings (SSSR count). The Balaban J connectivity index is 2.19. The van der Waals surface area contributed by atoms with Gasteiger partial charge in [-0.15, -0.1) is 0 Å². The zero-order valence-corrected chi connectivity index (χ0v) is 19.8. The average molecular weight is 446 g/mol. The number of carbonyl (C=O) groups is 1. The minimum atomic E-state index is -3.70. The van der Waals surface area contributed by atoms with Crippen LogP contribution in [0, 0.1) is 6.92 Å². The lowest BCUT2D eigenvalue weighted by molar-refractivity contribution is 0.0526. The predicted octanol–water partition coefficient (Wildman–Crippen LogP) is 6.12. The van der Waals surface area contributed by atoms with Crippen LogP contribution in [0.15, 0.2) is 53.4 Å². The molecule has 0 heterocycles. The van der Waals surface area contributed by atoms with Gasteiger partial charge in [-0.2, -0.15) is 0 Å². The van der Waals surface area contributed by atoms with Gasteiger partial charge >= 0.3 is 5.97 Å². The van der Waals surface area contributed by atoms with Crippen LogP contribution in [0.25, 0.3) is 0 Å². The summed E-state index contributed by atoms with van der Waals surface area (Å²) < 4.78 is 33.3. The van der Waals surface area contributed by atoms with Crippen LogP contribution in [0.5, 0.6) is 0 Å². The minimum Gasteiger partial charge on any atom is -0.462 e. The standard InChI is InChI=1S/C25H35NO4S/c1-4-6-7-8-9-10-11-20-26(31(28,29)24-18-12-21(3)13-19-24)23-16-14-22(15-17-23)25(27)30-5-2/h12-19H,4-11,20H2,1-3H3. The molecule has 0 unspecified atom stereocenters. The van der Waals surface area contributed by atoms with E-state index < -0.39 is 16.0 Å². The normalized spacial score (nSPS) is 11.3. The van der Waals surface area contributed by atoms with Gasteiger partial charge in [0.2, 0.25) is 0 Å². The Bertz CT molecular complexity index is 906. The van der Waals surface area contributed by atoms with E-state index in [2.05, 4.69) is 6.92 Å². The Hall–Kier alpha value is -2.34. The molecule has 6 heteroatoms. The average Bonchev–Trinajstić information content (AvgIpc) is 2.76. The van der Waals surface area contributed by atoms with Gasteiger partial charge in [-0.1, -0.05) is 63.1 Å². The van der Waals surface area contributed by atoms with Crippen LogP contribution in [-0.2, 0) is 14.8 Å². The maximum Gasteiger partial charge on any atom is 0.338 e. The van der Waals surface area contributed by atoms with Crippen LogP contribution in [0.2, 0.25) is 0 Å². The summed E-state index contributed by atoms with van der Waals surface area (Å²) in [6.07, 6.45) is 7.77. The van der Waals surface area contributed by atoms with Gasteiger partial charge in [-0.25, -0.2) is 13.2 Å². The first-order valence-corrected chi connectivity index (χ1v) is 12.7. The fourth-order valence-corrected chi connectivity index (χ4v) is 4.92. The molecule has 2 aromatic rings. The fourth-order valence-electron chi connectivity index (χ4n) is 3.42. The SMILES string of the molecule is CCCCCCCCCN(c1ccc(C(=O)OCC)cc1)S(=O)(=O)c1ccc(C)cc1. The number of hydrogen-bond donors (Lipinski definition) is 0. The fraction of sp³-hybridized carbons (Fsp3) is 0.480. The van der Waals surface area contributed by atoms with E-state index >= 15 is 0 Å². The van der Waals surface area contributed by atoms with Gasteiger partial charge in [0.05, 0.1) is 22.8 Å². The van der Waals surface area contributed by atoms with Gasteiger partial charge in [0.25, 0.3) is 10.0 Å². The summed E-state index contributed by atoms with van der Waals surface area (Å²) in [5, 5.41) is 0. The summed E-state index contributed by atoms with van der Waals surface area (Å²) in [7, 11) is -3.70. The molecule has 0 atom stereocenters. The number of carbonyl (C=O) groups excluding carboxylic acids is 1. The second-order valence-electron chi connectivity index (χ2n) is 7.78. The first kappa shape index (κ1) is 24.9. The molecule has 31 heavy (non-hydrogen) atoms. The third-order valence-electron chi connectivity index (χ3n) is 5.24. The van der Waals surface area contributed by atoms with E-state index in [-0.39, 0.29) is 4.90 Å². The van der Waals surface area contributed by atoms with Crippen molar-refractivity contribution in [1.29, 1.82) is 0 Å². The Kier molecular flexibility index (Phi) is 10.0. The molecule has 0 N–H and O–H groups in total. The third-order valence-corrected chi connectivity index (χ3v) is 7.08. The number of ether oxygens (including phenoxy) is 1. The van der Waals surface area contributed by atoms with Crippen molar-refractivity contribution in [3.05, 3.63) is 59.7 Å². The highest BCUT2D eigenvalue weighted by molar-refractivity contribution is 7.92. The third kappa shape index (κ3) is 7.39. The molecule has 0 bridgehead atoms. The van der Waals surface area contributed by atoms with E-state index in [1.54, 1.807) is 43.3 Å². The van der Waals surface area contributed by atoms with E-state index in [9.17, 15) is 13.2 Å². The van der Waals surface area contributed by atoms with Crippen molar-refractivity contribution in [3.63, 3.8) is 0 Å². The lowest BCUT2D eigenvalue weighted by Gasteiger charge is -2.25. The minimum absolute atomic E-state index is 0.274. The molecule has 0 aliphatic heterocycles. The molecule has 0 aliphatic rings. The molecule has 0 spiro atoms. The molecule has 0 aliphatic carbocycles. The Morgan fingerprint density at radius 2 is 1.42 bits per heavy atom. The highest BCUT2D eigenvalue weighted by Crippen LogP contribution is 2.25. The zero-order valence-electron chi connectivity index (χ0n) is 19.0. The summed E-state index contributed by atoms with van der Waals surface area (Å²) in [6.45, 7) is 6.59. The van der Waals surface area contributed by atoms with Crippen LogP contribution >= 0.6 is 0 Å². The monoisotopic (exact) mass is 445 g/mol. The van der Waals surface area contributed by atoms with Crippen LogP contribution in [0.4, 0.5) is 5.69 Å². The second-order valence-corrected chi connectivity index (χ2v) is 9.64. The first-order valence-electron chi connectivity index (χ1n) is 11.3. The van der Waals surface area contributed by atoms with Crippen LogP contribution < -0.4 is 4.31 Å².